The molecule has 78 valence electrons. The standard InChI is InChI=1S/C11H18N2S/c1-8-4-10(3)13-11(5-8)14-7-9(2)6-12/h4-5,9H,6-7,12H2,1-3H3. The zero-order chi connectivity index (χ0) is 10.6. The molecule has 1 heterocycles. The smallest absolute Gasteiger partial charge is 0.0965 e. The first-order chi connectivity index (χ1) is 6.61. The maximum atomic E-state index is 5.56. The number of thioether (sulfide) groups is 1. The Labute approximate surface area is 90.3 Å². The molecule has 0 fully saturated rings. The molecule has 0 aromatic carbocycles. The largest absolute Gasteiger partial charge is 0.330 e. The summed E-state index contributed by atoms with van der Waals surface area (Å²) in [6.07, 6.45) is 0. The molecule has 0 saturated carbocycles. The highest BCUT2D eigenvalue weighted by Crippen LogP contribution is 2.19. The van der Waals surface area contributed by atoms with Gasteiger partial charge in [-0.25, -0.2) is 4.98 Å². The topological polar surface area (TPSA) is 38.9 Å². The number of aromatic nitrogens is 1. The molecule has 0 amide bonds. The highest BCUT2D eigenvalue weighted by molar-refractivity contribution is 7.99. The van der Waals surface area contributed by atoms with Crippen LogP contribution in [0, 0.1) is 19.8 Å². The minimum absolute atomic E-state index is 0.558. The van der Waals surface area contributed by atoms with Crippen molar-refractivity contribution in [2.24, 2.45) is 11.7 Å². The second kappa shape index (κ2) is 5.37. The zero-order valence-corrected chi connectivity index (χ0v) is 9.90. The van der Waals surface area contributed by atoms with Crippen molar-refractivity contribution >= 4 is 11.8 Å². The van der Waals surface area contributed by atoms with Crippen LogP contribution in [0.5, 0.6) is 0 Å². The molecular formula is C11H18N2S. The molecule has 0 aliphatic heterocycles. The van der Waals surface area contributed by atoms with Crippen molar-refractivity contribution in [1.29, 1.82) is 0 Å². The van der Waals surface area contributed by atoms with Gasteiger partial charge in [0.25, 0.3) is 0 Å². The van der Waals surface area contributed by atoms with Gasteiger partial charge in [-0.3, -0.25) is 0 Å². The first kappa shape index (κ1) is 11.5. The monoisotopic (exact) mass is 210 g/mol. The number of pyridine rings is 1. The van der Waals surface area contributed by atoms with Gasteiger partial charge in [-0.05, 0) is 44.0 Å². The number of aryl methyl sites for hydroxylation is 2. The Kier molecular flexibility index (Phi) is 4.42. The first-order valence-electron chi connectivity index (χ1n) is 4.90. The van der Waals surface area contributed by atoms with Crippen LogP contribution in [0.4, 0.5) is 0 Å². The van der Waals surface area contributed by atoms with Crippen LogP contribution >= 0.6 is 11.8 Å². The van der Waals surface area contributed by atoms with Crippen LogP contribution in [-0.2, 0) is 0 Å². The third kappa shape index (κ3) is 3.68. The number of nitrogens with zero attached hydrogens (tertiary/aromatic N) is 1. The van der Waals surface area contributed by atoms with E-state index in [2.05, 4.69) is 31.0 Å². The minimum atomic E-state index is 0.558. The van der Waals surface area contributed by atoms with Crippen molar-refractivity contribution < 1.29 is 0 Å². The second-order valence-electron chi connectivity index (χ2n) is 3.78. The van der Waals surface area contributed by atoms with Crippen molar-refractivity contribution in [3.05, 3.63) is 23.4 Å². The van der Waals surface area contributed by atoms with E-state index < -0.39 is 0 Å². The lowest BCUT2D eigenvalue weighted by Gasteiger charge is -2.08. The molecule has 2 nitrogen and oxygen atoms in total. The van der Waals surface area contributed by atoms with Crippen LogP contribution < -0.4 is 5.73 Å². The SMILES string of the molecule is Cc1cc(C)nc(SCC(C)CN)c1. The van der Waals surface area contributed by atoms with E-state index in [1.54, 1.807) is 11.8 Å². The summed E-state index contributed by atoms with van der Waals surface area (Å²) in [6.45, 7) is 7.04. The summed E-state index contributed by atoms with van der Waals surface area (Å²) in [6, 6.07) is 4.22. The van der Waals surface area contributed by atoms with Crippen molar-refractivity contribution in [2.75, 3.05) is 12.3 Å². The predicted octanol–water partition coefficient (Wildman–Crippen LogP) is 2.39. The van der Waals surface area contributed by atoms with Crippen LogP contribution in [0.2, 0.25) is 0 Å². The molecule has 3 heteroatoms. The van der Waals surface area contributed by atoms with Gasteiger partial charge in [0, 0.05) is 11.4 Å². The van der Waals surface area contributed by atoms with Gasteiger partial charge in [0.1, 0.15) is 0 Å². The van der Waals surface area contributed by atoms with E-state index in [1.165, 1.54) is 5.56 Å². The van der Waals surface area contributed by atoms with E-state index in [0.29, 0.717) is 5.92 Å². The Hall–Kier alpha value is -0.540. The third-order valence-corrected chi connectivity index (χ3v) is 3.23. The number of hydrogen-bond donors (Lipinski definition) is 1. The molecule has 2 N–H and O–H groups in total. The van der Waals surface area contributed by atoms with Gasteiger partial charge >= 0.3 is 0 Å². The summed E-state index contributed by atoms with van der Waals surface area (Å²) < 4.78 is 0. The summed E-state index contributed by atoms with van der Waals surface area (Å²) in [4.78, 5) is 4.46. The van der Waals surface area contributed by atoms with E-state index in [-0.39, 0.29) is 0 Å². The number of rotatable bonds is 4. The highest BCUT2D eigenvalue weighted by Gasteiger charge is 2.02. The number of nitrogens with two attached hydrogens (primary N) is 1. The highest BCUT2D eigenvalue weighted by atomic mass is 32.2. The van der Waals surface area contributed by atoms with Gasteiger partial charge in [0.2, 0.25) is 0 Å². The lowest BCUT2D eigenvalue weighted by molar-refractivity contribution is 0.675. The van der Waals surface area contributed by atoms with Crippen molar-refractivity contribution in [2.45, 2.75) is 25.8 Å². The Morgan fingerprint density at radius 3 is 2.71 bits per heavy atom. The summed E-state index contributed by atoms with van der Waals surface area (Å²) in [5, 5.41) is 1.11. The number of hydrogen-bond acceptors (Lipinski definition) is 3. The minimum Gasteiger partial charge on any atom is -0.330 e. The molecule has 1 rings (SSSR count). The Bertz CT molecular complexity index is 279. The van der Waals surface area contributed by atoms with Crippen LogP contribution in [0.1, 0.15) is 18.2 Å². The van der Waals surface area contributed by atoms with Crippen molar-refractivity contribution in [3.8, 4) is 0 Å². The molecule has 1 aromatic heterocycles. The van der Waals surface area contributed by atoms with E-state index in [1.807, 2.05) is 6.92 Å². The summed E-state index contributed by atoms with van der Waals surface area (Å²) in [5.41, 5.74) is 7.93. The molecule has 0 spiro atoms. The predicted molar refractivity (Wildman–Crippen MR) is 62.7 cm³/mol. The summed E-state index contributed by atoms with van der Waals surface area (Å²) >= 11 is 1.79. The average molecular weight is 210 g/mol. The molecular weight excluding hydrogens is 192 g/mol. The summed E-state index contributed by atoms with van der Waals surface area (Å²) in [7, 11) is 0. The van der Waals surface area contributed by atoms with Crippen LogP contribution in [0.3, 0.4) is 0 Å². The molecule has 1 unspecified atom stereocenters. The Balaban J connectivity index is 2.58. The van der Waals surface area contributed by atoms with E-state index in [9.17, 15) is 0 Å². The van der Waals surface area contributed by atoms with E-state index >= 15 is 0 Å². The molecule has 1 aromatic rings. The third-order valence-electron chi connectivity index (χ3n) is 1.99. The van der Waals surface area contributed by atoms with E-state index in [4.69, 9.17) is 5.73 Å². The van der Waals surface area contributed by atoms with Gasteiger partial charge in [-0.2, -0.15) is 0 Å². The van der Waals surface area contributed by atoms with Gasteiger partial charge < -0.3 is 5.73 Å². The van der Waals surface area contributed by atoms with Crippen molar-refractivity contribution in [1.82, 2.24) is 4.98 Å². The van der Waals surface area contributed by atoms with Gasteiger partial charge in [0.05, 0.1) is 5.03 Å². The molecule has 0 bridgehead atoms. The molecule has 0 aliphatic carbocycles. The second-order valence-corrected chi connectivity index (χ2v) is 4.82. The van der Waals surface area contributed by atoms with Crippen LogP contribution in [-0.4, -0.2) is 17.3 Å². The van der Waals surface area contributed by atoms with E-state index in [0.717, 1.165) is 23.0 Å². The maximum Gasteiger partial charge on any atom is 0.0965 e. The Morgan fingerprint density at radius 1 is 1.43 bits per heavy atom. The molecule has 14 heavy (non-hydrogen) atoms. The van der Waals surface area contributed by atoms with Crippen LogP contribution in [0.15, 0.2) is 17.2 Å². The Morgan fingerprint density at radius 2 is 2.14 bits per heavy atom. The molecule has 1 atom stereocenters. The first-order valence-corrected chi connectivity index (χ1v) is 5.88. The average Bonchev–Trinajstić information content (AvgIpc) is 2.12. The maximum absolute atomic E-state index is 5.56. The van der Waals surface area contributed by atoms with Gasteiger partial charge in [-0.15, -0.1) is 11.8 Å². The zero-order valence-electron chi connectivity index (χ0n) is 9.08. The molecule has 0 saturated heterocycles. The van der Waals surface area contributed by atoms with Crippen molar-refractivity contribution in [3.63, 3.8) is 0 Å². The fraction of sp³-hybridized carbons (Fsp3) is 0.545. The molecule has 0 aliphatic rings. The fourth-order valence-electron chi connectivity index (χ4n) is 1.17. The van der Waals surface area contributed by atoms with Crippen LogP contribution in [0.25, 0.3) is 0 Å². The molecule has 0 radical (unpaired) electrons. The van der Waals surface area contributed by atoms with Gasteiger partial charge in [-0.1, -0.05) is 6.92 Å². The quantitative estimate of drug-likeness (QED) is 0.776. The summed E-state index contributed by atoms with van der Waals surface area (Å²) in [5.74, 6) is 1.61. The van der Waals surface area contributed by atoms with Gasteiger partial charge in [0.15, 0.2) is 0 Å². The lowest BCUT2D eigenvalue weighted by atomic mass is 10.2. The normalized spacial score (nSPS) is 12.9. The fourth-order valence-corrected chi connectivity index (χ4v) is 2.24. The lowest BCUT2D eigenvalue weighted by Crippen LogP contribution is -2.12.